The molecule has 110 valence electrons. The van der Waals surface area contributed by atoms with E-state index in [0.29, 0.717) is 12.7 Å². The van der Waals surface area contributed by atoms with Gasteiger partial charge in [0.25, 0.3) is 0 Å². The second-order valence-electron chi connectivity index (χ2n) is 6.18. The molecule has 1 N–H and O–H groups in total. The molecule has 1 fully saturated rings. The first-order valence-corrected chi connectivity index (χ1v) is 7.82. The molecule has 20 heavy (non-hydrogen) atoms. The fourth-order valence-corrected chi connectivity index (χ4v) is 3.55. The molecule has 4 atom stereocenters. The van der Waals surface area contributed by atoms with Gasteiger partial charge < -0.3 is 14.8 Å². The molecule has 0 saturated heterocycles. The van der Waals surface area contributed by atoms with Crippen molar-refractivity contribution in [2.45, 2.75) is 50.9 Å². The van der Waals surface area contributed by atoms with E-state index in [1.54, 1.807) is 0 Å². The Bertz CT molecular complexity index is 448. The first-order chi connectivity index (χ1) is 9.78. The minimum Gasteiger partial charge on any atom is -0.490 e. The lowest BCUT2D eigenvalue weighted by molar-refractivity contribution is -0.0779. The number of fused-ring (bicyclic) bond motifs is 1. The number of para-hydroxylation sites is 1. The zero-order valence-corrected chi connectivity index (χ0v) is 12.5. The first kappa shape index (κ1) is 13.9. The monoisotopic (exact) mass is 275 g/mol. The lowest BCUT2D eigenvalue weighted by Crippen LogP contribution is -2.42. The van der Waals surface area contributed by atoms with E-state index in [0.717, 1.165) is 11.7 Å². The van der Waals surface area contributed by atoms with Crippen LogP contribution in [0.1, 0.15) is 44.2 Å². The van der Waals surface area contributed by atoms with Gasteiger partial charge in [-0.25, -0.2) is 0 Å². The highest BCUT2D eigenvalue weighted by Crippen LogP contribution is 2.35. The molecule has 1 aromatic carbocycles. The molecule has 0 radical (unpaired) electrons. The van der Waals surface area contributed by atoms with Crippen LogP contribution in [0.15, 0.2) is 24.3 Å². The summed E-state index contributed by atoms with van der Waals surface area (Å²) in [5.74, 6) is 1.78. The van der Waals surface area contributed by atoms with Gasteiger partial charge in [-0.3, -0.25) is 0 Å². The summed E-state index contributed by atoms with van der Waals surface area (Å²) in [6.45, 7) is 2.98. The molecule has 4 unspecified atom stereocenters. The number of benzene rings is 1. The van der Waals surface area contributed by atoms with Crippen molar-refractivity contribution in [1.29, 1.82) is 0 Å². The molecule has 1 aliphatic heterocycles. The molecule has 1 aliphatic carbocycles. The summed E-state index contributed by atoms with van der Waals surface area (Å²) in [5.41, 5.74) is 1.22. The third-order valence-corrected chi connectivity index (χ3v) is 4.60. The molecular weight excluding hydrogens is 250 g/mol. The summed E-state index contributed by atoms with van der Waals surface area (Å²) in [6.07, 6.45) is 5.53. The minimum absolute atomic E-state index is 0.116. The van der Waals surface area contributed by atoms with Crippen LogP contribution in [0, 0.1) is 5.92 Å². The normalized spacial score (nSPS) is 33.3. The lowest BCUT2D eigenvalue weighted by Gasteiger charge is -2.37. The molecule has 1 aromatic rings. The van der Waals surface area contributed by atoms with Crippen LogP contribution in [0.25, 0.3) is 0 Å². The minimum atomic E-state index is 0.116. The molecule has 3 rings (SSSR count). The van der Waals surface area contributed by atoms with Crippen LogP contribution in [0.3, 0.4) is 0 Å². The Balaban J connectivity index is 1.71. The number of rotatable bonds is 3. The molecule has 2 aliphatic rings. The van der Waals surface area contributed by atoms with Crippen molar-refractivity contribution >= 4 is 0 Å². The van der Waals surface area contributed by atoms with E-state index in [1.165, 1.54) is 31.2 Å². The van der Waals surface area contributed by atoms with Crippen molar-refractivity contribution in [1.82, 2.24) is 5.32 Å². The van der Waals surface area contributed by atoms with Crippen LogP contribution >= 0.6 is 0 Å². The molecule has 0 bridgehead atoms. The van der Waals surface area contributed by atoms with Crippen molar-refractivity contribution < 1.29 is 9.47 Å². The van der Waals surface area contributed by atoms with Crippen LogP contribution in [0.5, 0.6) is 5.75 Å². The number of likely N-dealkylation sites (N-methyl/N-ethyl adjacent to an activating group) is 1. The maximum Gasteiger partial charge on any atom is 0.124 e. The fraction of sp³-hybridized carbons (Fsp3) is 0.647. The summed E-state index contributed by atoms with van der Waals surface area (Å²) in [5, 5.41) is 3.41. The van der Waals surface area contributed by atoms with Crippen molar-refractivity contribution in [2.24, 2.45) is 5.92 Å². The van der Waals surface area contributed by atoms with Crippen molar-refractivity contribution in [3.8, 4) is 5.75 Å². The van der Waals surface area contributed by atoms with Gasteiger partial charge >= 0.3 is 0 Å². The van der Waals surface area contributed by atoms with Gasteiger partial charge in [0.2, 0.25) is 0 Å². The summed E-state index contributed by atoms with van der Waals surface area (Å²) in [7, 11) is 2.01. The van der Waals surface area contributed by atoms with E-state index in [4.69, 9.17) is 9.47 Å². The van der Waals surface area contributed by atoms with Crippen LogP contribution in [-0.4, -0.2) is 25.9 Å². The molecular formula is C17H25NO2. The highest BCUT2D eigenvalue weighted by molar-refractivity contribution is 5.38. The first-order valence-electron chi connectivity index (χ1n) is 7.82. The Morgan fingerprint density at radius 1 is 1.25 bits per heavy atom. The van der Waals surface area contributed by atoms with Gasteiger partial charge in [0.05, 0.1) is 12.1 Å². The maximum atomic E-state index is 6.38. The number of hydrogen-bond acceptors (Lipinski definition) is 3. The molecule has 0 amide bonds. The summed E-state index contributed by atoms with van der Waals surface area (Å²) >= 11 is 0. The van der Waals surface area contributed by atoms with Gasteiger partial charge in [-0.15, -0.1) is 0 Å². The van der Waals surface area contributed by atoms with Gasteiger partial charge in [-0.2, -0.15) is 0 Å². The van der Waals surface area contributed by atoms with E-state index in [1.807, 2.05) is 19.2 Å². The lowest BCUT2D eigenvalue weighted by atomic mass is 9.88. The van der Waals surface area contributed by atoms with Crippen LogP contribution in [-0.2, 0) is 4.74 Å². The molecule has 1 heterocycles. The van der Waals surface area contributed by atoms with E-state index in [9.17, 15) is 0 Å². The third-order valence-electron chi connectivity index (χ3n) is 4.60. The Hall–Kier alpha value is -1.06. The molecule has 3 heteroatoms. The Kier molecular flexibility index (Phi) is 4.27. The zero-order chi connectivity index (χ0) is 13.9. The van der Waals surface area contributed by atoms with Gasteiger partial charge in [-0.05, 0) is 31.9 Å². The Morgan fingerprint density at radius 2 is 2.10 bits per heavy atom. The van der Waals surface area contributed by atoms with E-state index in [-0.39, 0.29) is 12.1 Å². The van der Waals surface area contributed by atoms with Gasteiger partial charge in [-0.1, -0.05) is 38.0 Å². The second-order valence-corrected chi connectivity index (χ2v) is 6.18. The molecule has 3 nitrogen and oxygen atoms in total. The topological polar surface area (TPSA) is 30.5 Å². The predicted octanol–water partition coefficient (Wildman–Crippen LogP) is 3.30. The SMILES string of the molecule is CNC1c2ccccc2OCC1OC1CCCC(C)C1. The average molecular weight is 275 g/mol. The quantitative estimate of drug-likeness (QED) is 0.918. The Labute approximate surface area is 121 Å². The van der Waals surface area contributed by atoms with E-state index in [2.05, 4.69) is 24.4 Å². The van der Waals surface area contributed by atoms with Gasteiger partial charge in [0, 0.05) is 5.56 Å². The summed E-state index contributed by atoms with van der Waals surface area (Å²) in [4.78, 5) is 0. The predicted molar refractivity (Wildman–Crippen MR) is 80.0 cm³/mol. The number of nitrogens with one attached hydrogen (secondary N) is 1. The van der Waals surface area contributed by atoms with Crippen LogP contribution in [0.2, 0.25) is 0 Å². The second kappa shape index (κ2) is 6.15. The van der Waals surface area contributed by atoms with Crippen LogP contribution in [0.4, 0.5) is 0 Å². The fourth-order valence-electron chi connectivity index (χ4n) is 3.55. The molecule has 1 saturated carbocycles. The zero-order valence-electron chi connectivity index (χ0n) is 12.5. The summed E-state index contributed by atoms with van der Waals surface area (Å²) in [6, 6.07) is 8.50. The van der Waals surface area contributed by atoms with Gasteiger partial charge in [0.1, 0.15) is 18.5 Å². The van der Waals surface area contributed by atoms with Crippen molar-refractivity contribution in [3.05, 3.63) is 29.8 Å². The van der Waals surface area contributed by atoms with Crippen molar-refractivity contribution in [2.75, 3.05) is 13.7 Å². The van der Waals surface area contributed by atoms with Crippen LogP contribution < -0.4 is 10.1 Å². The van der Waals surface area contributed by atoms with Gasteiger partial charge in [0.15, 0.2) is 0 Å². The molecule has 0 spiro atoms. The summed E-state index contributed by atoms with van der Waals surface area (Å²) < 4.78 is 12.2. The number of hydrogen-bond donors (Lipinski definition) is 1. The van der Waals surface area contributed by atoms with Crippen molar-refractivity contribution in [3.63, 3.8) is 0 Å². The standard InChI is InChI=1S/C17H25NO2/c1-12-6-5-7-13(10-12)20-16-11-19-15-9-4-3-8-14(15)17(16)18-2/h3-4,8-9,12-13,16-18H,5-7,10-11H2,1-2H3. The number of ether oxygens (including phenoxy) is 2. The maximum absolute atomic E-state index is 6.38. The smallest absolute Gasteiger partial charge is 0.124 e. The average Bonchev–Trinajstić information content (AvgIpc) is 2.47. The highest BCUT2D eigenvalue weighted by atomic mass is 16.5. The molecule has 0 aromatic heterocycles. The van der Waals surface area contributed by atoms with E-state index >= 15 is 0 Å². The highest BCUT2D eigenvalue weighted by Gasteiger charge is 2.33. The third kappa shape index (κ3) is 2.84. The van der Waals surface area contributed by atoms with E-state index < -0.39 is 0 Å². The largest absolute Gasteiger partial charge is 0.490 e. The Morgan fingerprint density at radius 3 is 2.90 bits per heavy atom.